The molecule has 0 spiro atoms. The molecular formula is C12H22ClNO2. The van der Waals surface area contributed by atoms with E-state index in [0.29, 0.717) is 11.9 Å². The summed E-state index contributed by atoms with van der Waals surface area (Å²) in [6.07, 6.45) is 2.63. The molecular weight excluding hydrogens is 226 g/mol. The summed E-state index contributed by atoms with van der Waals surface area (Å²) in [5, 5.41) is 0. The fraction of sp³-hybridized carbons (Fsp3) is 1.00. The van der Waals surface area contributed by atoms with Crippen molar-refractivity contribution in [2.45, 2.75) is 31.9 Å². The second-order valence-electron chi connectivity index (χ2n) is 4.97. The largest absolute Gasteiger partial charge is 0.381 e. The Morgan fingerprint density at radius 3 is 2.75 bits per heavy atom. The van der Waals surface area contributed by atoms with E-state index >= 15 is 0 Å². The molecule has 0 N–H and O–H groups in total. The summed E-state index contributed by atoms with van der Waals surface area (Å²) in [7, 11) is 0. The highest BCUT2D eigenvalue weighted by molar-refractivity contribution is 6.18. The molecule has 2 rings (SSSR count). The maximum Gasteiger partial charge on any atom is 0.0837 e. The maximum atomic E-state index is 5.86. The summed E-state index contributed by atoms with van der Waals surface area (Å²) in [5.41, 5.74) is 0. The molecule has 2 aliphatic heterocycles. The summed E-state index contributed by atoms with van der Waals surface area (Å²) in [6.45, 7) is 7.10. The molecule has 94 valence electrons. The van der Waals surface area contributed by atoms with Gasteiger partial charge in [-0.15, -0.1) is 11.6 Å². The van der Waals surface area contributed by atoms with Crippen molar-refractivity contribution in [3.8, 4) is 0 Å². The predicted molar refractivity (Wildman–Crippen MR) is 65.0 cm³/mol. The molecule has 0 aliphatic carbocycles. The Morgan fingerprint density at radius 1 is 1.31 bits per heavy atom. The summed E-state index contributed by atoms with van der Waals surface area (Å²) in [6, 6.07) is 0.530. The molecule has 2 aliphatic rings. The molecule has 0 bridgehead atoms. The number of hydrogen-bond acceptors (Lipinski definition) is 3. The molecule has 0 aromatic rings. The van der Waals surface area contributed by atoms with Crippen molar-refractivity contribution in [3.63, 3.8) is 0 Å². The van der Waals surface area contributed by atoms with Gasteiger partial charge in [-0.3, -0.25) is 4.90 Å². The van der Waals surface area contributed by atoms with Gasteiger partial charge in [0.05, 0.1) is 12.7 Å². The quantitative estimate of drug-likeness (QED) is 0.710. The molecule has 0 amide bonds. The van der Waals surface area contributed by atoms with E-state index in [0.717, 1.165) is 32.3 Å². The number of ether oxygens (including phenoxy) is 2. The van der Waals surface area contributed by atoms with E-state index in [1.165, 1.54) is 19.4 Å². The summed E-state index contributed by atoms with van der Waals surface area (Å²) in [5.74, 6) is 1.40. The van der Waals surface area contributed by atoms with Crippen LogP contribution in [0.1, 0.15) is 19.8 Å². The normalized spacial score (nSPS) is 34.1. The highest BCUT2D eigenvalue weighted by Gasteiger charge is 2.27. The molecule has 0 radical (unpaired) electrons. The van der Waals surface area contributed by atoms with Crippen molar-refractivity contribution in [1.29, 1.82) is 0 Å². The van der Waals surface area contributed by atoms with Crippen LogP contribution in [0.25, 0.3) is 0 Å². The van der Waals surface area contributed by atoms with Crippen LogP contribution < -0.4 is 0 Å². The smallest absolute Gasteiger partial charge is 0.0837 e. The molecule has 2 saturated heterocycles. The van der Waals surface area contributed by atoms with E-state index < -0.39 is 0 Å². The third-order valence-corrected chi connectivity index (χ3v) is 3.98. The maximum absolute atomic E-state index is 5.86. The molecule has 2 unspecified atom stereocenters. The van der Waals surface area contributed by atoms with E-state index in [1.807, 2.05) is 0 Å². The first-order chi connectivity index (χ1) is 7.79. The van der Waals surface area contributed by atoms with E-state index in [9.17, 15) is 0 Å². The molecule has 0 aromatic carbocycles. The highest BCUT2D eigenvalue weighted by atomic mass is 35.5. The lowest BCUT2D eigenvalue weighted by atomic mass is 9.98. The van der Waals surface area contributed by atoms with Crippen LogP contribution in [0.5, 0.6) is 0 Å². The van der Waals surface area contributed by atoms with Gasteiger partial charge in [-0.05, 0) is 25.7 Å². The van der Waals surface area contributed by atoms with Crippen LogP contribution >= 0.6 is 11.6 Å². The van der Waals surface area contributed by atoms with Crippen molar-refractivity contribution in [2.75, 3.05) is 38.8 Å². The van der Waals surface area contributed by atoms with Crippen LogP contribution in [0.4, 0.5) is 0 Å². The lowest BCUT2D eigenvalue weighted by Crippen LogP contribution is -2.50. The SMILES string of the molecule is CC1COC(CCl)CN1CC1CCOCC1. The van der Waals surface area contributed by atoms with Gasteiger partial charge in [-0.25, -0.2) is 0 Å². The average molecular weight is 248 g/mol. The van der Waals surface area contributed by atoms with Crippen LogP contribution in [-0.2, 0) is 9.47 Å². The Balaban J connectivity index is 1.81. The minimum Gasteiger partial charge on any atom is -0.381 e. The monoisotopic (exact) mass is 247 g/mol. The van der Waals surface area contributed by atoms with Gasteiger partial charge in [-0.1, -0.05) is 0 Å². The van der Waals surface area contributed by atoms with Gasteiger partial charge < -0.3 is 9.47 Å². The number of morpholine rings is 1. The van der Waals surface area contributed by atoms with Crippen LogP contribution in [0.3, 0.4) is 0 Å². The van der Waals surface area contributed by atoms with Crippen LogP contribution in [0.2, 0.25) is 0 Å². The second-order valence-corrected chi connectivity index (χ2v) is 5.28. The topological polar surface area (TPSA) is 21.7 Å². The first kappa shape index (κ1) is 12.6. The zero-order chi connectivity index (χ0) is 11.4. The van der Waals surface area contributed by atoms with E-state index in [2.05, 4.69) is 11.8 Å². The van der Waals surface area contributed by atoms with E-state index in [-0.39, 0.29) is 6.10 Å². The Labute approximate surface area is 103 Å². The van der Waals surface area contributed by atoms with Crippen molar-refractivity contribution in [2.24, 2.45) is 5.92 Å². The van der Waals surface area contributed by atoms with Crippen molar-refractivity contribution >= 4 is 11.6 Å². The molecule has 2 fully saturated rings. The molecule has 2 atom stereocenters. The lowest BCUT2D eigenvalue weighted by molar-refractivity contribution is -0.0587. The van der Waals surface area contributed by atoms with Gasteiger partial charge >= 0.3 is 0 Å². The van der Waals surface area contributed by atoms with Crippen LogP contribution in [-0.4, -0.2) is 55.8 Å². The van der Waals surface area contributed by atoms with Gasteiger partial charge in [0.1, 0.15) is 0 Å². The van der Waals surface area contributed by atoms with Crippen molar-refractivity contribution in [3.05, 3.63) is 0 Å². The lowest BCUT2D eigenvalue weighted by Gasteiger charge is -2.39. The van der Waals surface area contributed by atoms with Crippen molar-refractivity contribution in [1.82, 2.24) is 4.90 Å². The predicted octanol–water partition coefficient (Wildman–Crippen LogP) is 1.74. The molecule has 2 heterocycles. The number of nitrogens with zero attached hydrogens (tertiary/aromatic N) is 1. The summed E-state index contributed by atoms with van der Waals surface area (Å²) >= 11 is 5.86. The van der Waals surface area contributed by atoms with E-state index in [4.69, 9.17) is 21.1 Å². The first-order valence-corrected chi connectivity index (χ1v) is 6.82. The molecule has 0 aromatic heterocycles. The minimum absolute atomic E-state index is 0.220. The Bertz CT molecular complexity index is 209. The molecule has 4 heteroatoms. The summed E-state index contributed by atoms with van der Waals surface area (Å²) < 4.78 is 11.1. The molecule has 0 saturated carbocycles. The number of halogens is 1. The minimum atomic E-state index is 0.220. The van der Waals surface area contributed by atoms with Gasteiger partial charge in [0, 0.05) is 38.2 Å². The Hall–Kier alpha value is 0.170. The van der Waals surface area contributed by atoms with Gasteiger partial charge in [0.25, 0.3) is 0 Å². The van der Waals surface area contributed by atoms with Crippen LogP contribution in [0, 0.1) is 5.92 Å². The number of rotatable bonds is 3. The summed E-state index contributed by atoms with van der Waals surface area (Å²) in [4.78, 5) is 2.53. The third-order valence-electron chi connectivity index (χ3n) is 3.64. The standard InChI is InChI=1S/C12H22ClNO2/c1-10-9-16-12(6-13)8-14(10)7-11-2-4-15-5-3-11/h10-12H,2-9H2,1H3. The zero-order valence-corrected chi connectivity index (χ0v) is 10.8. The number of hydrogen-bond donors (Lipinski definition) is 0. The molecule has 3 nitrogen and oxygen atoms in total. The Morgan fingerprint density at radius 2 is 2.06 bits per heavy atom. The fourth-order valence-electron chi connectivity index (χ4n) is 2.48. The zero-order valence-electron chi connectivity index (χ0n) is 10.0. The van der Waals surface area contributed by atoms with Crippen molar-refractivity contribution < 1.29 is 9.47 Å². The average Bonchev–Trinajstić information content (AvgIpc) is 2.33. The van der Waals surface area contributed by atoms with E-state index in [1.54, 1.807) is 0 Å². The third kappa shape index (κ3) is 3.33. The number of alkyl halides is 1. The van der Waals surface area contributed by atoms with Gasteiger partial charge in [0.2, 0.25) is 0 Å². The first-order valence-electron chi connectivity index (χ1n) is 6.29. The molecule has 16 heavy (non-hydrogen) atoms. The van der Waals surface area contributed by atoms with Gasteiger partial charge in [0.15, 0.2) is 0 Å². The van der Waals surface area contributed by atoms with Gasteiger partial charge in [-0.2, -0.15) is 0 Å². The van der Waals surface area contributed by atoms with Crippen LogP contribution in [0.15, 0.2) is 0 Å². The Kier molecular flexibility index (Phi) is 4.89. The highest BCUT2D eigenvalue weighted by Crippen LogP contribution is 2.20. The fourth-order valence-corrected chi connectivity index (χ4v) is 2.67. The second kappa shape index (κ2) is 6.20.